The molecule has 0 atom stereocenters. The van der Waals surface area contributed by atoms with Crippen molar-refractivity contribution in [3.63, 3.8) is 0 Å². The van der Waals surface area contributed by atoms with Crippen molar-refractivity contribution in [3.05, 3.63) is 35.7 Å². The van der Waals surface area contributed by atoms with Crippen LogP contribution < -0.4 is 0 Å². The first kappa shape index (κ1) is 14.8. The Labute approximate surface area is 129 Å². The van der Waals surface area contributed by atoms with E-state index < -0.39 is 0 Å². The van der Waals surface area contributed by atoms with Gasteiger partial charge in [-0.2, -0.15) is 5.10 Å². The summed E-state index contributed by atoms with van der Waals surface area (Å²) in [6, 6.07) is 1.82. The van der Waals surface area contributed by atoms with Gasteiger partial charge in [0.1, 0.15) is 11.5 Å². The van der Waals surface area contributed by atoms with Crippen molar-refractivity contribution in [1.82, 2.24) is 24.6 Å². The summed E-state index contributed by atoms with van der Waals surface area (Å²) in [5.74, 6) is 1.34. The zero-order valence-corrected chi connectivity index (χ0v) is 13.0. The molecule has 1 amide bonds. The Bertz CT molecular complexity index is 640. The molecule has 1 saturated heterocycles. The summed E-state index contributed by atoms with van der Waals surface area (Å²) in [5, 5.41) is 7.11. The number of carbonyl (C=O) groups excluding carboxylic acids is 1. The van der Waals surface area contributed by atoms with Crippen molar-refractivity contribution in [2.45, 2.75) is 26.3 Å². The van der Waals surface area contributed by atoms with Gasteiger partial charge in [0.15, 0.2) is 0 Å². The molecular weight excluding hydrogens is 282 g/mol. The zero-order chi connectivity index (χ0) is 15.5. The first-order valence-electron chi connectivity index (χ1n) is 7.57. The average Bonchev–Trinajstić information content (AvgIpc) is 3.17. The summed E-state index contributed by atoms with van der Waals surface area (Å²) >= 11 is 0. The molecule has 2 aromatic heterocycles. The van der Waals surface area contributed by atoms with Gasteiger partial charge in [0.2, 0.25) is 0 Å². The molecule has 118 valence electrons. The van der Waals surface area contributed by atoms with Crippen LogP contribution in [0.25, 0.3) is 0 Å². The summed E-state index contributed by atoms with van der Waals surface area (Å²) in [7, 11) is 0. The van der Waals surface area contributed by atoms with E-state index in [1.54, 1.807) is 11.1 Å². The van der Waals surface area contributed by atoms with Gasteiger partial charge in [-0.05, 0) is 6.07 Å². The van der Waals surface area contributed by atoms with E-state index >= 15 is 0 Å². The number of nitrogens with one attached hydrogen (secondary N) is 1. The minimum atomic E-state index is -0.0412. The number of amides is 1. The van der Waals surface area contributed by atoms with Crippen LogP contribution in [-0.4, -0.2) is 56.9 Å². The Kier molecular flexibility index (Phi) is 4.24. The standard InChI is InChI=1S/C15H21N5O2/c1-11(2)14-16-3-4-20(14)10-12-9-13(18-17-12)15(21)19-5-7-22-8-6-19/h3-4,9,11H,5-8,10H2,1-2H3,(H,17,18). The van der Waals surface area contributed by atoms with Gasteiger partial charge < -0.3 is 14.2 Å². The molecule has 1 fully saturated rings. The summed E-state index contributed by atoms with van der Waals surface area (Å²) in [5.41, 5.74) is 1.36. The van der Waals surface area contributed by atoms with Crippen molar-refractivity contribution in [3.8, 4) is 0 Å². The fourth-order valence-corrected chi connectivity index (χ4v) is 2.62. The molecule has 0 radical (unpaired) electrons. The highest BCUT2D eigenvalue weighted by Gasteiger charge is 2.21. The van der Waals surface area contributed by atoms with E-state index in [9.17, 15) is 4.79 Å². The number of carbonyl (C=O) groups is 1. The second kappa shape index (κ2) is 6.31. The quantitative estimate of drug-likeness (QED) is 0.922. The molecule has 0 aliphatic carbocycles. The summed E-state index contributed by atoms with van der Waals surface area (Å²) in [4.78, 5) is 18.5. The third kappa shape index (κ3) is 3.04. The minimum Gasteiger partial charge on any atom is -0.378 e. The Hall–Kier alpha value is -2.15. The summed E-state index contributed by atoms with van der Waals surface area (Å²) < 4.78 is 7.33. The van der Waals surface area contributed by atoms with Crippen molar-refractivity contribution in [2.24, 2.45) is 0 Å². The molecule has 0 saturated carbocycles. The Morgan fingerprint density at radius 1 is 1.41 bits per heavy atom. The van der Waals surface area contributed by atoms with Crippen LogP contribution in [0.5, 0.6) is 0 Å². The van der Waals surface area contributed by atoms with Gasteiger partial charge in [-0.25, -0.2) is 4.98 Å². The maximum Gasteiger partial charge on any atom is 0.274 e. The number of nitrogens with zero attached hydrogens (tertiary/aromatic N) is 4. The van der Waals surface area contributed by atoms with E-state index in [4.69, 9.17) is 4.74 Å². The van der Waals surface area contributed by atoms with E-state index in [1.807, 2.05) is 12.3 Å². The first-order valence-corrected chi connectivity index (χ1v) is 7.57. The molecule has 7 heteroatoms. The highest BCUT2D eigenvalue weighted by atomic mass is 16.5. The molecule has 0 unspecified atom stereocenters. The molecule has 7 nitrogen and oxygen atoms in total. The molecular formula is C15H21N5O2. The predicted molar refractivity (Wildman–Crippen MR) is 80.7 cm³/mol. The molecule has 2 aromatic rings. The highest BCUT2D eigenvalue weighted by Crippen LogP contribution is 2.14. The normalized spacial score (nSPS) is 15.5. The highest BCUT2D eigenvalue weighted by molar-refractivity contribution is 5.92. The number of hydrogen-bond donors (Lipinski definition) is 1. The Morgan fingerprint density at radius 3 is 2.91 bits per heavy atom. The maximum absolute atomic E-state index is 12.4. The molecule has 0 spiro atoms. The van der Waals surface area contributed by atoms with Crippen LogP contribution in [-0.2, 0) is 11.3 Å². The largest absolute Gasteiger partial charge is 0.378 e. The molecule has 1 aliphatic rings. The van der Waals surface area contributed by atoms with E-state index in [0.717, 1.165) is 11.5 Å². The number of imidazole rings is 1. The maximum atomic E-state index is 12.4. The topological polar surface area (TPSA) is 76.0 Å². The fraction of sp³-hybridized carbons (Fsp3) is 0.533. The van der Waals surface area contributed by atoms with Gasteiger partial charge >= 0.3 is 0 Å². The Balaban J connectivity index is 1.70. The fourth-order valence-electron chi connectivity index (χ4n) is 2.62. The van der Waals surface area contributed by atoms with E-state index in [2.05, 4.69) is 33.6 Å². The smallest absolute Gasteiger partial charge is 0.274 e. The van der Waals surface area contributed by atoms with E-state index in [-0.39, 0.29) is 5.91 Å². The second-order valence-corrected chi connectivity index (χ2v) is 5.75. The van der Waals surface area contributed by atoms with Crippen LogP contribution >= 0.6 is 0 Å². The van der Waals surface area contributed by atoms with Crippen molar-refractivity contribution in [1.29, 1.82) is 0 Å². The number of hydrogen-bond acceptors (Lipinski definition) is 4. The lowest BCUT2D eigenvalue weighted by molar-refractivity contribution is 0.0299. The Morgan fingerprint density at radius 2 is 2.18 bits per heavy atom. The van der Waals surface area contributed by atoms with Crippen LogP contribution in [0.1, 0.15) is 41.8 Å². The van der Waals surface area contributed by atoms with Crippen molar-refractivity contribution in [2.75, 3.05) is 26.3 Å². The molecule has 3 heterocycles. The molecule has 3 rings (SSSR count). The SMILES string of the molecule is CC(C)c1nccn1Cc1cc(C(=O)N2CCOCC2)n[nH]1. The van der Waals surface area contributed by atoms with Crippen molar-refractivity contribution >= 4 is 5.91 Å². The lowest BCUT2D eigenvalue weighted by Crippen LogP contribution is -2.40. The van der Waals surface area contributed by atoms with E-state index in [0.29, 0.717) is 44.5 Å². The van der Waals surface area contributed by atoms with Crippen LogP contribution in [0, 0.1) is 0 Å². The number of ether oxygens (including phenoxy) is 1. The molecule has 1 N–H and O–H groups in total. The third-order valence-corrected chi connectivity index (χ3v) is 3.75. The van der Waals surface area contributed by atoms with Crippen LogP contribution in [0.4, 0.5) is 0 Å². The van der Waals surface area contributed by atoms with Gasteiger partial charge in [-0.1, -0.05) is 13.8 Å². The zero-order valence-electron chi connectivity index (χ0n) is 13.0. The number of morpholine rings is 1. The van der Waals surface area contributed by atoms with Crippen LogP contribution in [0.15, 0.2) is 18.5 Å². The predicted octanol–water partition coefficient (Wildman–Crippen LogP) is 1.25. The third-order valence-electron chi connectivity index (χ3n) is 3.75. The number of aromatic nitrogens is 4. The second-order valence-electron chi connectivity index (χ2n) is 5.75. The molecule has 1 aliphatic heterocycles. The van der Waals surface area contributed by atoms with Gasteiger partial charge in [0, 0.05) is 31.4 Å². The lowest BCUT2D eigenvalue weighted by Gasteiger charge is -2.25. The van der Waals surface area contributed by atoms with Gasteiger partial charge in [0.05, 0.1) is 25.5 Å². The van der Waals surface area contributed by atoms with Gasteiger partial charge in [0.25, 0.3) is 5.91 Å². The summed E-state index contributed by atoms with van der Waals surface area (Å²) in [6.07, 6.45) is 3.74. The van der Waals surface area contributed by atoms with E-state index in [1.165, 1.54) is 0 Å². The molecule has 0 aromatic carbocycles. The first-order chi connectivity index (χ1) is 10.6. The monoisotopic (exact) mass is 303 g/mol. The molecule has 0 bridgehead atoms. The van der Waals surface area contributed by atoms with Gasteiger partial charge in [-0.15, -0.1) is 0 Å². The lowest BCUT2D eigenvalue weighted by atomic mass is 10.2. The van der Waals surface area contributed by atoms with Crippen LogP contribution in [0.2, 0.25) is 0 Å². The number of H-pyrrole nitrogens is 1. The minimum absolute atomic E-state index is 0.0412. The number of rotatable bonds is 4. The average molecular weight is 303 g/mol. The summed E-state index contributed by atoms with van der Waals surface area (Å²) in [6.45, 7) is 7.29. The van der Waals surface area contributed by atoms with Gasteiger partial charge in [-0.3, -0.25) is 9.89 Å². The molecule has 22 heavy (non-hydrogen) atoms. The number of aromatic amines is 1. The van der Waals surface area contributed by atoms with Crippen LogP contribution in [0.3, 0.4) is 0 Å². The van der Waals surface area contributed by atoms with Crippen molar-refractivity contribution < 1.29 is 9.53 Å².